The number of aryl methyl sites for hydroxylation is 1. The van der Waals surface area contributed by atoms with E-state index in [0.717, 1.165) is 39.3 Å². The molecule has 1 aliphatic rings. The standard InChI is InChI=1S/C27H24FN3O5S/c1-4-36-26(34)18-6-5-7-22(13-18)31-16(2)12-19(17(31)3)14-23-25(33)30(27(35)37-23)15-24(32)29-21-10-8-20(28)9-11-21/h5-14H,4,15H2,1-3H3,(H,29,32)/b23-14-. The molecule has 1 N–H and O–H groups in total. The number of nitrogens with one attached hydrogen (secondary N) is 1. The molecule has 3 aromatic rings. The molecule has 2 heterocycles. The molecule has 0 aliphatic carbocycles. The maximum atomic E-state index is 13.1. The Hall–Kier alpha value is -4.18. The average molecular weight is 522 g/mol. The molecule has 37 heavy (non-hydrogen) atoms. The average Bonchev–Trinajstić information content (AvgIpc) is 3.29. The predicted octanol–water partition coefficient (Wildman–Crippen LogP) is 5.08. The van der Waals surface area contributed by atoms with Gasteiger partial charge in [-0.05, 0) is 92.7 Å². The highest BCUT2D eigenvalue weighted by Gasteiger charge is 2.36. The van der Waals surface area contributed by atoms with E-state index in [0.29, 0.717) is 11.3 Å². The molecule has 0 spiro atoms. The number of aromatic nitrogens is 1. The van der Waals surface area contributed by atoms with Gasteiger partial charge in [0.15, 0.2) is 0 Å². The summed E-state index contributed by atoms with van der Waals surface area (Å²) >= 11 is 0.757. The smallest absolute Gasteiger partial charge is 0.338 e. The van der Waals surface area contributed by atoms with Gasteiger partial charge < -0.3 is 14.6 Å². The van der Waals surface area contributed by atoms with E-state index in [2.05, 4.69) is 5.32 Å². The molecule has 1 fully saturated rings. The van der Waals surface area contributed by atoms with E-state index in [1.165, 1.54) is 24.3 Å². The first-order chi connectivity index (χ1) is 17.7. The number of benzene rings is 2. The van der Waals surface area contributed by atoms with Crippen molar-refractivity contribution in [2.45, 2.75) is 20.8 Å². The third-order valence-electron chi connectivity index (χ3n) is 5.68. The summed E-state index contributed by atoms with van der Waals surface area (Å²) in [6.07, 6.45) is 1.62. The number of carbonyl (C=O) groups is 4. The highest BCUT2D eigenvalue weighted by Crippen LogP contribution is 2.34. The number of anilines is 1. The number of thioether (sulfide) groups is 1. The Bertz CT molecular complexity index is 1430. The van der Waals surface area contributed by atoms with Crippen molar-refractivity contribution in [3.8, 4) is 5.69 Å². The van der Waals surface area contributed by atoms with Gasteiger partial charge in [0.2, 0.25) is 5.91 Å². The fourth-order valence-electron chi connectivity index (χ4n) is 3.97. The number of hydrogen-bond donors (Lipinski definition) is 1. The zero-order chi connectivity index (χ0) is 26.7. The fourth-order valence-corrected chi connectivity index (χ4v) is 4.80. The van der Waals surface area contributed by atoms with Crippen LogP contribution < -0.4 is 5.32 Å². The topological polar surface area (TPSA) is 97.7 Å². The third-order valence-corrected chi connectivity index (χ3v) is 6.58. The third kappa shape index (κ3) is 5.64. The molecule has 2 aromatic carbocycles. The van der Waals surface area contributed by atoms with Crippen molar-refractivity contribution in [1.29, 1.82) is 0 Å². The van der Waals surface area contributed by atoms with Gasteiger partial charge in [0.1, 0.15) is 12.4 Å². The first kappa shape index (κ1) is 25.9. The van der Waals surface area contributed by atoms with E-state index in [1.807, 2.05) is 30.5 Å². The quantitative estimate of drug-likeness (QED) is 0.344. The number of ether oxygens (including phenoxy) is 1. The van der Waals surface area contributed by atoms with E-state index in [9.17, 15) is 23.6 Å². The largest absolute Gasteiger partial charge is 0.462 e. The molecule has 4 rings (SSSR count). The van der Waals surface area contributed by atoms with Crippen LogP contribution in [-0.4, -0.2) is 45.6 Å². The second-order valence-electron chi connectivity index (χ2n) is 8.26. The Morgan fingerprint density at radius 2 is 1.81 bits per heavy atom. The summed E-state index contributed by atoms with van der Waals surface area (Å²) in [7, 11) is 0. The van der Waals surface area contributed by atoms with Gasteiger partial charge in [-0.25, -0.2) is 9.18 Å². The van der Waals surface area contributed by atoms with E-state index in [4.69, 9.17) is 4.74 Å². The number of amides is 3. The lowest BCUT2D eigenvalue weighted by Crippen LogP contribution is -2.36. The normalized spacial score (nSPS) is 14.4. The summed E-state index contributed by atoms with van der Waals surface area (Å²) in [6, 6.07) is 14.1. The number of hydrogen-bond acceptors (Lipinski definition) is 6. The van der Waals surface area contributed by atoms with Gasteiger partial charge in [-0.15, -0.1) is 0 Å². The Labute approximate surface area is 217 Å². The van der Waals surface area contributed by atoms with Crippen molar-refractivity contribution >= 4 is 46.5 Å². The van der Waals surface area contributed by atoms with E-state index >= 15 is 0 Å². The van der Waals surface area contributed by atoms with Crippen LogP contribution in [0.2, 0.25) is 0 Å². The molecule has 0 atom stereocenters. The minimum atomic E-state index is -0.574. The van der Waals surface area contributed by atoms with Gasteiger partial charge in [-0.1, -0.05) is 6.07 Å². The van der Waals surface area contributed by atoms with E-state index in [-0.39, 0.29) is 11.5 Å². The van der Waals surface area contributed by atoms with Gasteiger partial charge in [-0.2, -0.15) is 0 Å². The van der Waals surface area contributed by atoms with Crippen molar-refractivity contribution < 1.29 is 28.3 Å². The van der Waals surface area contributed by atoms with E-state index in [1.54, 1.807) is 31.2 Å². The Balaban J connectivity index is 1.53. The van der Waals surface area contributed by atoms with Gasteiger partial charge in [0.25, 0.3) is 11.1 Å². The molecule has 1 aromatic heterocycles. The summed E-state index contributed by atoms with van der Waals surface area (Å²) in [6.45, 7) is 5.33. The molecular weight excluding hydrogens is 497 g/mol. The van der Waals surface area contributed by atoms with Crippen LogP contribution in [0.15, 0.2) is 59.5 Å². The Morgan fingerprint density at radius 3 is 2.51 bits per heavy atom. The molecule has 0 radical (unpaired) electrons. The molecule has 0 unspecified atom stereocenters. The minimum absolute atomic E-state index is 0.195. The molecule has 3 amide bonds. The summed E-state index contributed by atoms with van der Waals surface area (Å²) < 4.78 is 20.1. The van der Waals surface area contributed by atoms with Crippen molar-refractivity contribution in [3.63, 3.8) is 0 Å². The van der Waals surface area contributed by atoms with Crippen molar-refractivity contribution in [3.05, 3.63) is 87.8 Å². The minimum Gasteiger partial charge on any atom is -0.462 e. The van der Waals surface area contributed by atoms with Gasteiger partial charge >= 0.3 is 5.97 Å². The van der Waals surface area contributed by atoms with Crippen LogP contribution in [0, 0.1) is 19.7 Å². The lowest BCUT2D eigenvalue weighted by Gasteiger charge is -2.12. The van der Waals surface area contributed by atoms with Gasteiger partial charge in [0.05, 0.1) is 17.1 Å². The number of esters is 1. The maximum absolute atomic E-state index is 13.1. The number of imide groups is 1. The van der Waals surface area contributed by atoms with Crippen LogP contribution >= 0.6 is 11.8 Å². The Kier molecular flexibility index (Phi) is 7.58. The lowest BCUT2D eigenvalue weighted by molar-refractivity contribution is -0.127. The molecule has 1 saturated heterocycles. The molecular formula is C27H24FN3O5S. The zero-order valence-electron chi connectivity index (χ0n) is 20.4. The van der Waals surface area contributed by atoms with Crippen LogP contribution in [0.25, 0.3) is 11.8 Å². The highest BCUT2D eigenvalue weighted by atomic mass is 32.2. The summed E-state index contributed by atoms with van der Waals surface area (Å²) in [5.74, 6) is -2.00. The number of halogens is 1. The van der Waals surface area contributed by atoms with Gasteiger partial charge in [0, 0.05) is 22.8 Å². The van der Waals surface area contributed by atoms with Crippen LogP contribution in [-0.2, 0) is 14.3 Å². The number of rotatable bonds is 7. The van der Waals surface area contributed by atoms with Crippen LogP contribution in [0.4, 0.5) is 14.9 Å². The van der Waals surface area contributed by atoms with Crippen molar-refractivity contribution in [2.24, 2.45) is 0 Å². The number of nitrogens with zero attached hydrogens (tertiary/aromatic N) is 2. The van der Waals surface area contributed by atoms with Crippen LogP contribution in [0.3, 0.4) is 0 Å². The highest BCUT2D eigenvalue weighted by molar-refractivity contribution is 8.18. The zero-order valence-corrected chi connectivity index (χ0v) is 21.2. The summed E-state index contributed by atoms with van der Waals surface area (Å²) in [4.78, 5) is 51.0. The molecule has 0 saturated carbocycles. The first-order valence-corrected chi connectivity index (χ1v) is 12.3. The van der Waals surface area contributed by atoms with Crippen LogP contribution in [0.1, 0.15) is 34.2 Å². The number of carbonyl (C=O) groups excluding carboxylic acids is 4. The second-order valence-corrected chi connectivity index (χ2v) is 9.25. The molecule has 8 nitrogen and oxygen atoms in total. The Morgan fingerprint density at radius 1 is 1.08 bits per heavy atom. The molecule has 10 heteroatoms. The predicted molar refractivity (Wildman–Crippen MR) is 139 cm³/mol. The van der Waals surface area contributed by atoms with E-state index < -0.39 is 35.4 Å². The SMILES string of the molecule is CCOC(=O)c1cccc(-n2c(C)cc(/C=C3\SC(=O)N(CC(=O)Nc4ccc(F)cc4)C3=O)c2C)c1. The summed E-state index contributed by atoms with van der Waals surface area (Å²) in [5, 5.41) is 1.99. The second kappa shape index (κ2) is 10.8. The summed E-state index contributed by atoms with van der Waals surface area (Å²) in [5.41, 5.74) is 3.93. The first-order valence-electron chi connectivity index (χ1n) is 11.4. The van der Waals surface area contributed by atoms with Gasteiger partial charge in [-0.3, -0.25) is 19.3 Å². The monoisotopic (exact) mass is 521 g/mol. The molecule has 190 valence electrons. The molecule has 0 bridgehead atoms. The van der Waals surface area contributed by atoms with Crippen molar-refractivity contribution in [1.82, 2.24) is 9.47 Å². The molecule has 1 aliphatic heterocycles. The van der Waals surface area contributed by atoms with Crippen LogP contribution in [0.5, 0.6) is 0 Å². The fraction of sp³-hybridized carbons (Fsp3) is 0.185. The van der Waals surface area contributed by atoms with Crippen molar-refractivity contribution in [2.75, 3.05) is 18.5 Å². The lowest BCUT2D eigenvalue weighted by atomic mass is 10.2. The maximum Gasteiger partial charge on any atom is 0.338 e.